The van der Waals surface area contributed by atoms with Crippen LogP contribution in [0, 0.1) is 0 Å². The first kappa shape index (κ1) is 13.3. The summed E-state index contributed by atoms with van der Waals surface area (Å²) in [6.45, 7) is 3.79. The SMILES string of the molecule is O=C(c1cnc(N2CCCC2)nc1)N1CCCCCC1. The molecule has 2 aliphatic heterocycles. The predicted molar refractivity (Wildman–Crippen MR) is 77.9 cm³/mol. The highest BCUT2D eigenvalue weighted by molar-refractivity contribution is 5.93. The Bertz CT molecular complexity index is 445. The zero-order chi connectivity index (χ0) is 13.8. The quantitative estimate of drug-likeness (QED) is 0.828. The predicted octanol–water partition coefficient (Wildman–Crippen LogP) is 2.09. The second kappa shape index (κ2) is 6.20. The summed E-state index contributed by atoms with van der Waals surface area (Å²) in [6.07, 6.45) is 10.5. The molecule has 1 amide bonds. The molecular formula is C15H22N4O. The van der Waals surface area contributed by atoms with E-state index in [1.165, 1.54) is 25.7 Å². The molecule has 0 spiro atoms. The number of aromatic nitrogens is 2. The number of amides is 1. The molecular weight excluding hydrogens is 252 g/mol. The van der Waals surface area contributed by atoms with E-state index in [0.29, 0.717) is 5.56 Å². The summed E-state index contributed by atoms with van der Waals surface area (Å²) in [4.78, 5) is 25.3. The summed E-state index contributed by atoms with van der Waals surface area (Å²) in [7, 11) is 0. The van der Waals surface area contributed by atoms with E-state index in [-0.39, 0.29) is 5.91 Å². The smallest absolute Gasteiger partial charge is 0.256 e. The molecule has 5 nitrogen and oxygen atoms in total. The van der Waals surface area contributed by atoms with Crippen molar-refractivity contribution < 1.29 is 4.79 Å². The van der Waals surface area contributed by atoms with Gasteiger partial charge in [-0.2, -0.15) is 0 Å². The fourth-order valence-electron chi connectivity index (χ4n) is 2.97. The summed E-state index contributed by atoms with van der Waals surface area (Å²) >= 11 is 0. The van der Waals surface area contributed by atoms with Crippen LogP contribution in [0.4, 0.5) is 5.95 Å². The first-order chi connectivity index (χ1) is 9.84. The highest BCUT2D eigenvalue weighted by atomic mass is 16.2. The summed E-state index contributed by atoms with van der Waals surface area (Å²) in [5, 5.41) is 0. The maximum atomic E-state index is 12.4. The van der Waals surface area contributed by atoms with Gasteiger partial charge in [-0.05, 0) is 25.7 Å². The number of nitrogens with zero attached hydrogens (tertiary/aromatic N) is 4. The van der Waals surface area contributed by atoms with Gasteiger partial charge in [0.05, 0.1) is 5.56 Å². The molecule has 1 aromatic rings. The molecule has 3 rings (SSSR count). The highest BCUT2D eigenvalue weighted by Gasteiger charge is 2.19. The molecule has 0 radical (unpaired) electrons. The molecule has 2 saturated heterocycles. The van der Waals surface area contributed by atoms with E-state index in [0.717, 1.165) is 45.0 Å². The fraction of sp³-hybridized carbons (Fsp3) is 0.667. The van der Waals surface area contributed by atoms with Crippen LogP contribution in [0.15, 0.2) is 12.4 Å². The van der Waals surface area contributed by atoms with Gasteiger partial charge in [0, 0.05) is 38.6 Å². The summed E-state index contributed by atoms with van der Waals surface area (Å²) in [5.41, 5.74) is 0.620. The second-order valence-corrected chi connectivity index (χ2v) is 5.67. The zero-order valence-electron chi connectivity index (χ0n) is 11.9. The number of hydrogen-bond acceptors (Lipinski definition) is 4. The van der Waals surface area contributed by atoms with Gasteiger partial charge in [-0.1, -0.05) is 12.8 Å². The van der Waals surface area contributed by atoms with E-state index < -0.39 is 0 Å². The van der Waals surface area contributed by atoms with Crippen LogP contribution < -0.4 is 4.90 Å². The maximum Gasteiger partial charge on any atom is 0.256 e. The number of anilines is 1. The maximum absolute atomic E-state index is 12.4. The molecule has 0 N–H and O–H groups in total. The molecule has 2 aliphatic rings. The molecule has 0 aliphatic carbocycles. The van der Waals surface area contributed by atoms with Gasteiger partial charge < -0.3 is 9.80 Å². The Morgan fingerprint density at radius 2 is 1.40 bits per heavy atom. The van der Waals surface area contributed by atoms with Crippen LogP contribution in [0.2, 0.25) is 0 Å². The number of hydrogen-bond donors (Lipinski definition) is 0. The third kappa shape index (κ3) is 2.92. The van der Waals surface area contributed by atoms with Crippen LogP contribution in [0.1, 0.15) is 48.9 Å². The van der Waals surface area contributed by atoms with Crippen LogP contribution in [0.3, 0.4) is 0 Å². The molecule has 1 aromatic heterocycles. The molecule has 5 heteroatoms. The van der Waals surface area contributed by atoms with E-state index in [9.17, 15) is 4.79 Å². The number of likely N-dealkylation sites (tertiary alicyclic amines) is 1. The minimum absolute atomic E-state index is 0.0832. The third-order valence-corrected chi connectivity index (χ3v) is 4.17. The van der Waals surface area contributed by atoms with Crippen molar-refractivity contribution in [2.75, 3.05) is 31.1 Å². The average molecular weight is 274 g/mol. The van der Waals surface area contributed by atoms with Gasteiger partial charge >= 0.3 is 0 Å². The lowest BCUT2D eigenvalue weighted by molar-refractivity contribution is 0.0761. The first-order valence-corrected chi connectivity index (χ1v) is 7.71. The van der Waals surface area contributed by atoms with Gasteiger partial charge in [0.1, 0.15) is 0 Å². The molecule has 0 aromatic carbocycles. The fourth-order valence-corrected chi connectivity index (χ4v) is 2.97. The van der Waals surface area contributed by atoms with Crippen molar-refractivity contribution in [2.24, 2.45) is 0 Å². The Kier molecular flexibility index (Phi) is 4.14. The topological polar surface area (TPSA) is 49.3 Å². The van der Waals surface area contributed by atoms with Crippen LogP contribution in [0.5, 0.6) is 0 Å². The van der Waals surface area contributed by atoms with Crippen LogP contribution in [-0.4, -0.2) is 47.0 Å². The largest absolute Gasteiger partial charge is 0.341 e. The van der Waals surface area contributed by atoms with Gasteiger partial charge in [0.2, 0.25) is 5.95 Å². The van der Waals surface area contributed by atoms with Crippen molar-refractivity contribution in [3.8, 4) is 0 Å². The summed E-state index contributed by atoms with van der Waals surface area (Å²) < 4.78 is 0. The van der Waals surface area contributed by atoms with Crippen molar-refractivity contribution in [2.45, 2.75) is 38.5 Å². The van der Waals surface area contributed by atoms with Crippen LogP contribution in [0.25, 0.3) is 0 Å². The Balaban J connectivity index is 1.68. The second-order valence-electron chi connectivity index (χ2n) is 5.67. The van der Waals surface area contributed by atoms with Crippen molar-refractivity contribution in [3.05, 3.63) is 18.0 Å². The molecule has 3 heterocycles. The number of rotatable bonds is 2. The van der Waals surface area contributed by atoms with E-state index in [1.54, 1.807) is 12.4 Å². The minimum atomic E-state index is 0.0832. The van der Waals surface area contributed by atoms with Gasteiger partial charge in [-0.3, -0.25) is 4.79 Å². The van der Waals surface area contributed by atoms with Crippen molar-refractivity contribution in [1.82, 2.24) is 14.9 Å². The Morgan fingerprint density at radius 1 is 0.850 bits per heavy atom. The zero-order valence-corrected chi connectivity index (χ0v) is 11.9. The molecule has 0 unspecified atom stereocenters. The molecule has 0 saturated carbocycles. The normalized spacial score (nSPS) is 20.0. The van der Waals surface area contributed by atoms with Crippen LogP contribution in [-0.2, 0) is 0 Å². The Labute approximate surface area is 120 Å². The van der Waals surface area contributed by atoms with E-state index >= 15 is 0 Å². The lowest BCUT2D eigenvalue weighted by Crippen LogP contribution is -2.32. The van der Waals surface area contributed by atoms with Crippen molar-refractivity contribution in [1.29, 1.82) is 0 Å². The van der Waals surface area contributed by atoms with Gasteiger partial charge in [0.15, 0.2) is 0 Å². The molecule has 0 bridgehead atoms. The molecule has 0 atom stereocenters. The van der Waals surface area contributed by atoms with Crippen molar-refractivity contribution in [3.63, 3.8) is 0 Å². The molecule has 20 heavy (non-hydrogen) atoms. The van der Waals surface area contributed by atoms with E-state index in [4.69, 9.17) is 0 Å². The average Bonchev–Trinajstić information content (AvgIpc) is 2.89. The minimum Gasteiger partial charge on any atom is -0.341 e. The standard InChI is InChI=1S/C15H22N4O/c20-14(18-7-3-1-2-4-8-18)13-11-16-15(17-12-13)19-9-5-6-10-19/h11-12H,1-10H2. The van der Waals surface area contributed by atoms with Gasteiger partial charge in [-0.15, -0.1) is 0 Å². The Morgan fingerprint density at radius 3 is 2.00 bits per heavy atom. The van der Waals surface area contributed by atoms with E-state index in [1.807, 2.05) is 4.90 Å². The highest BCUT2D eigenvalue weighted by Crippen LogP contribution is 2.16. The monoisotopic (exact) mass is 274 g/mol. The first-order valence-electron chi connectivity index (χ1n) is 7.71. The number of carbonyl (C=O) groups excluding carboxylic acids is 1. The summed E-state index contributed by atoms with van der Waals surface area (Å²) in [6, 6.07) is 0. The molecule has 108 valence electrons. The van der Waals surface area contributed by atoms with Gasteiger partial charge in [0.25, 0.3) is 5.91 Å². The lowest BCUT2D eigenvalue weighted by Gasteiger charge is -2.20. The van der Waals surface area contributed by atoms with Crippen LogP contribution >= 0.6 is 0 Å². The van der Waals surface area contributed by atoms with Gasteiger partial charge in [-0.25, -0.2) is 9.97 Å². The van der Waals surface area contributed by atoms with Crippen molar-refractivity contribution >= 4 is 11.9 Å². The summed E-state index contributed by atoms with van der Waals surface area (Å²) in [5.74, 6) is 0.842. The van der Waals surface area contributed by atoms with E-state index in [2.05, 4.69) is 14.9 Å². The third-order valence-electron chi connectivity index (χ3n) is 4.17. The Hall–Kier alpha value is -1.65. The molecule has 2 fully saturated rings. The number of carbonyl (C=O) groups is 1. The lowest BCUT2D eigenvalue weighted by atomic mass is 10.2.